The zero-order valence-corrected chi connectivity index (χ0v) is 12.5. The molecule has 0 atom stereocenters. The predicted molar refractivity (Wildman–Crippen MR) is 91.2 cm³/mol. The molecule has 5 rings (SSSR count). The number of pyridine rings is 1. The van der Waals surface area contributed by atoms with Crippen molar-refractivity contribution in [2.24, 2.45) is 0 Å². The SMILES string of the molecule is CCn1c2cc3c(cc2c2ncccc21)-c1ccccc1C3. The maximum Gasteiger partial charge on any atom is 0.0959 e. The normalized spacial score (nSPS) is 12.8. The minimum atomic E-state index is 0.970. The van der Waals surface area contributed by atoms with E-state index in [1.807, 2.05) is 12.3 Å². The van der Waals surface area contributed by atoms with Gasteiger partial charge in [0.25, 0.3) is 0 Å². The van der Waals surface area contributed by atoms with Crippen LogP contribution in [0.3, 0.4) is 0 Å². The van der Waals surface area contributed by atoms with E-state index in [1.165, 1.54) is 38.7 Å². The molecule has 0 saturated carbocycles. The standard InChI is InChI=1S/C20H16N2/c1-2-22-18-8-5-9-21-20(18)17-12-16-14(11-19(17)22)10-13-6-3-4-7-15(13)16/h3-9,11-12H,2,10H2,1H3. The van der Waals surface area contributed by atoms with Gasteiger partial charge in [-0.25, -0.2) is 0 Å². The first-order chi connectivity index (χ1) is 10.9. The number of aryl methyl sites for hydroxylation is 1. The first kappa shape index (κ1) is 12.0. The zero-order chi connectivity index (χ0) is 14.7. The molecule has 4 aromatic rings. The van der Waals surface area contributed by atoms with Crippen LogP contribution in [-0.2, 0) is 13.0 Å². The lowest BCUT2D eigenvalue weighted by Gasteiger charge is -2.05. The van der Waals surface area contributed by atoms with E-state index in [-0.39, 0.29) is 0 Å². The smallest absolute Gasteiger partial charge is 0.0959 e. The Kier molecular flexibility index (Phi) is 2.29. The van der Waals surface area contributed by atoms with Gasteiger partial charge in [0.1, 0.15) is 0 Å². The van der Waals surface area contributed by atoms with Crippen molar-refractivity contribution in [1.29, 1.82) is 0 Å². The highest BCUT2D eigenvalue weighted by Crippen LogP contribution is 2.40. The number of hydrogen-bond donors (Lipinski definition) is 0. The summed E-state index contributed by atoms with van der Waals surface area (Å²) in [5.74, 6) is 0. The summed E-state index contributed by atoms with van der Waals surface area (Å²) in [4.78, 5) is 4.64. The van der Waals surface area contributed by atoms with Crippen LogP contribution in [0.2, 0.25) is 0 Å². The fourth-order valence-electron chi connectivity index (χ4n) is 3.88. The van der Waals surface area contributed by atoms with Crippen LogP contribution >= 0.6 is 0 Å². The Labute approximate surface area is 129 Å². The maximum atomic E-state index is 4.64. The first-order valence-corrected chi connectivity index (χ1v) is 7.85. The van der Waals surface area contributed by atoms with Gasteiger partial charge in [-0.15, -0.1) is 0 Å². The molecule has 0 N–H and O–H groups in total. The fourth-order valence-corrected chi connectivity index (χ4v) is 3.88. The van der Waals surface area contributed by atoms with Gasteiger partial charge in [-0.2, -0.15) is 0 Å². The number of hydrogen-bond acceptors (Lipinski definition) is 1. The fraction of sp³-hybridized carbons (Fsp3) is 0.150. The third kappa shape index (κ3) is 1.42. The van der Waals surface area contributed by atoms with Crippen molar-refractivity contribution in [3.05, 3.63) is 65.9 Å². The summed E-state index contributed by atoms with van der Waals surface area (Å²) >= 11 is 0. The second kappa shape index (κ2) is 4.20. The lowest BCUT2D eigenvalue weighted by atomic mass is 10.0. The second-order valence-electron chi connectivity index (χ2n) is 5.98. The van der Waals surface area contributed by atoms with Crippen LogP contribution < -0.4 is 0 Å². The molecule has 2 heterocycles. The van der Waals surface area contributed by atoms with E-state index in [1.54, 1.807) is 0 Å². The molecular weight excluding hydrogens is 268 g/mol. The van der Waals surface area contributed by atoms with Crippen LogP contribution in [-0.4, -0.2) is 9.55 Å². The van der Waals surface area contributed by atoms with Gasteiger partial charge >= 0.3 is 0 Å². The highest BCUT2D eigenvalue weighted by Gasteiger charge is 2.21. The molecule has 2 heteroatoms. The molecule has 1 aliphatic carbocycles. The minimum Gasteiger partial charge on any atom is -0.339 e. The summed E-state index contributed by atoms with van der Waals surface area (Å²) in [7, 11) is 0. The molecule has 0 amide bonds. The van der Waals surface area contributed by atoms with Gasteiger partial charge in [-0.1, -0.05) is 24.3 Å². The van der Waals surface area contributed by atoms with Crippen molar-refractivity contribution in [1.82, 2.24) is 9.55 Å². The highest BCUT2D eigenvalue weighted by atomic mass is 15.0. The molecule has 2 aromatic carbocycles. The zero-order valence-electron chi connectivity index (χ0n) is 12.5. The molecule has 2 nitrogen and oxygen atoms in total. The van der Waals surface area contributed by atoms with Crippen LogP contribution in [0.15, 0.2) is 54.7 Å². The number of nitrogens with zero attached hydrogens (tertiary/aromatic N) is 2. The van der Waals surface area contributed by atoms with E-state index in [0.29, 0.717) is 0 Å². The predicted octanol–water partition coefficient (Wildman–Crippen LogP) is 4.78. The van der Waals surface area contributed by atoms with Gasteiger partial charge in [-0.05, 0) is 59.9 Å². The van der Waals surface area contributed by atoms with Crippen LogP contribution in [0.4, 0.5) is 0 Å². The molecular formula is C20H16N2. The van der Waals surface area contributed by atoms with Crippen molar-refractivity contribution in [2.75, 3.05) is 0 Å². The van der Waals surface area contributed by atoms with Crippen molar-refractivity contribution in [2.45, 2.75) is 19.9 Å². The second-order valence-corrected chi connectivity index (χ2v) is 5.98. The number of fused-ring (bicyclic) bond motifs is 6. The Bertz CT molecular complexity index is 1040. The summed E-state index contributed by atoms with van der Waals surface area (Å²) in [6, 6.07) is 17.7. The summed E-state index contributed by atoms with van der Waals surface area (Å²) in [6.45, 7) is 3.17. The molecule has 0 bridgehead atoms. The Morgan fingerprint density at radius 2 is 1.86 bits per heavy atom. The molecule has 22 heavy (non-hydrogen) atoms. The summed E-state index contributed by atoms with van der Waals surface area (Å²) in [5, 5.41) is 1.27. The van der Waals surface area contributed by atoms with E-state index in [0.717, 1.165) is 18.5 Å². The lowest BCUT2D eigenvalue weighted by Crippen LogP contribution is -1.93. The third-order valence-corrected chi connectivity index (χ3v) is 4.85. The summed E-state index contributed by atoms with van der Waals surface area (Å²) in [6.07, 6.45) is 2.93. The largest absolute Gasteiger partial charge is 0.339 e. The average molecular weight is 284 g/mol. The maximum absolute atomic E-state index is 4.64. The number of aromatic nitrogens is 2. The molecule has 0 aliphatic heterocycles. The number of benzene rings is 2. The van der Waals surface area contributed by atoms with Gasteiger partial charge in [0.05, 0.1) is 16.6 Å². The van der Waals surface area contributed by atoms with Gasteiger partial charge < -0.3 is 4.57 Å². The lowest BCUT2D eigenvalue weighted by molar-refractivity contribution is 0.826. The summed E-state index contributed by atoms with van der Waals surface area (Å²) < 4.78 is 2.38. The van der Waals surface area contributed by atoms with Crippen LogP contribution in [0.5, 0.6) is 0 Å². The monoisotopic (exact) mass is 284 g/mol. The Balaban J connectivity index is 1.93. The molecule has 2 aromatic heterocycles. The van der Waals surface area contributed by atoms with E-state index in [9.17, 15) is 0 Å². The van der Waals surface area contributed by atoms with Gasteiger partial charge in [0, 0.05) is 18.1 Å². The van der Waals surface area contributed by atoms with Crippen molar-refractivity contribution >= 4 is 21.9 Å². The van der Waals surface area contributed by atoms with Crippen molar-refractivity contribution in [3.63, 3.8) is 0 Å². The minimum absolute atomic E-state index is 0.970. The Morgan fingerprint density at radius 1 is 0.955 bits per heavy atom. The Morgan fingerprint density at radius 3 is 2.77 bits per heavy atom. The third-order valence-electron chi connectivity index (χ3n) is 4.85. The van der Waals surface area contributed by atoms with E-state index >= 15 is 0 Å². The highest BCUT2D eigenvalue weighted by molar-refractivity contribution is 6.08. The molecule has 0 spiro atoms. The summed E-state index contributed by atoms with van der Waals surface area (Å²) in [5.41, 5.74) is 9.29. The van der Waals surface area contributed by atoms with Gasteiger partial charge in [0.15, 0.2) is 0 Å². The van der Waals surface area contributed by atoms with Gasteiger partial charge in [0.2, 0.25) is 0 Å². The topological polar surface area (TPSA) is 17.8 Å². The molecule has 1 aliphatic rings. The van der Waals surface area contributed by atoms with Crippen LogP contribution in [0, 0.1) is 0 Å². The molecule has 0 saturated heterocycles. The van der Waals surface area contributed by atoms with Crippen LogP contribution in [0.25, 0.3) is 33.1 Å². The average Bonchev–Trinajstić information content (AvgIpc) is 3.07. The van der Waals surface area contributed by atoms with Crippen LogP contribution in [0.1, 0.15) is 18.1 Å². The van der Waals surface area contributed by atoms with Crippen molar-refractivity contribution < 1.29 is 0 Å². The first-order valence-electron chi connectivity index (χ1n) is 7.85. The van der Waals surface area contributed by atoms with E-state index in [2.05, 4.69) is 58.9 Å². The molecule has 0 radical (unpaired) electrons. The molecule has 106 valence electrons. The van der Waals surface area contributed by atoms with E-state index in [4.69, 9.17) is 0 Å². The molecule has 0 unspecified atom stereocenters. The number of rotatable bonds is 1. The van der Waals surface area contributed by atoms with E-state index < -0.39 is 0 Å². The molecule has 0 fully saturated rings. The quantitative estimate of drug-likeness (QED) is 0.433. The van der Waals surface area contributed by atoms with Gasteiger partial charge in [-0.3, -0.25) is 4.98 Å². The van der Waals surface area contributed by atoms with Crippen molar-refractivity contribution in [3.8, 4) is 11.1 Å². The Hall–Kier alpha value is -2.61.